The Morgan fingerprint density at radius 3 is 1.94 bits per heavy atom. The third-order valence-electron chi connectivity index (χ3n) is 1.39. The second-order valence-corrected chi connectivity index (χ2v) is 2.53. The average Bonchev–Trinajstić information content (AvgIpc) is 2.24. The van der Waals surface area contributed by atoms with E-state index in [1.165, 1.54) is 12.1 Å². The molecule has 0 saturated heterocycles. The number of nitrogen functional groups attached to an aromatic ring is 1. The van der Waals surface area contributed by atoms with Crippen molar-refractivity contribution in [3.05, 3.63) is 24.3 Å². The summed E-state index contributed by atoms with van der Waals surface area (Å²) in [4.78, 5) is 0. The zero-order valence-electron chi connectivity index (χ0n) is 8.88. The Balaban J connectivity index is 0.00000106. The van der Waals surface area contributed by atoms with Crippen LogP contribution in [0.25, 0.3) is 0 Å². The quantitative estimate of drug-likeness (QED) is 0.646. The number of nitrogens with two attached hydrogens (primary N) is 1. The van der Waals surface area contributed by atoms with Crippen molar-refractivity contribution in [1.82, 2.24) is 0 Å². The Kier molecular flexibility index (Phi) is 5.63. The number of rotatable bonds is 3. The molecule has 0 amide bonds. The van der Waals surface area contributed by atoms with Gasteiger partial charge in [0.2, 0.25) is 0 Å². The molecule has 0 aliphatic carbocycles. The molecule has 0 fully saturated rings. The molecule has 1 rings (SSSR count). The lowest BCUT2D eigenvalue weighted by molar-refractivity contribution is -0.253. The fourth-order valence-corrected chi connectivity index (χ4v) is 0.738. The van der Waals surface area contributed by atoms with Gasteiger partial charge in [0.15, 0.2) is 0 Å². The van der Waals surface area contributed by atoms with E-state index in [-0.39, 0.29) is 5.75 Å². The highest BCUT2D eigenvalue weighted by atomic mass is 19.3. The van der Waals surface area contributed by atoms with Gasteiger partial charge >= 0.3 is 12.5 Å². The zero-order chi connectivity index (χ0) is 12.8. The summed E-state index contributed by atoms with van der Waals surface area (Å²) in [6, 6.07) is 4.73. The van der Waals surface area contributed by atoms with Gasteiger partial charge in [-0.25, -0.2) is 0 Å². The lowest BCUT2D eigenvalue weighted by Crippen LogP contribution is -2.33. The molecule has 0 heterocycles. The summed E-state index contributed by atoms with van der Waals surface area (Å²) in [5.74, 6) is -0.357. The lowest BCUT2D eigenvalue weighted by Gasteiger charge is -2.16. The van der Waals surface area contributed by atoms with Crippen LogP contribution < -0.4 is 10.5 Å². The van der Waals surface area contributed by atoms with Gasteiger partial charge in [-0.1, -0.05) is 13.8 Å². The largest absolute Gasteiger partial charge is 0.461 e. The second kappa shape index (κ2) is 6.19. The van der Waals surface area contributed by atoms with Crippen LogP contribution >= 0.6 is 0 Å². The van der Waals surface area contributed by atoms with Crippen LogP contribution in [-0.4, -0.2) is 12.5 Å². The van der Waals surface area contributed by atoms with Gasteiger partial charge in [-0.3, -0.25) is 0 Å². The molecule has 2 N–H and O–H groups in total. The predicted molar refractivity (Wildman–Crippen MR) is 53.8 cm³/mol. The van der Waals surface area contributed by atoms with Gasteiger partial charge in [0.1, 0.15) is 5.75 Å². The SMILES string of the molecule is CC.Nc1ccc(OC(F)(F)C(F)F)cc1. The van der Waals surface area contributed by atoms with Crippen LogP contribution in [0.3, 0.4) is 0 Å². The first kappa shape index (κ1) is 14.5. The number of anilines is 1. The van der Waals surface area contributed by atoms with Crippen LogP contribution in [0.15, 0.2) is 24.3 Å². The van der Waals surface area contributed by atoms with E-state index in [9.17, 15) is 17.6 Å². The summed E-state index contributed by atoms with van der Waals surface area (Å²) < 4.78 is 51.8. The summed E-state index contributed by atoms with van der Waals surface area (Å²) in [5, 5.41) is 0. The molecule has 0 saturated carbocycles. The van der Waals surface area contributed by atoms with Crippen LogP contribution in [-0.2, 0) is 0 Å². The molecule has 0 aliphatic rings. The Morgan fingerprint density at radius 2 is 1.56 bits per heavy atom. The topological polar surface area (TPSA) is 35.2 Å². The molecule has 0 spiro atoms. The van der Waals surface area contributed by atoms with Gasteiger partial charge in [0, 0.05) is 5.69 Å². The van der Waals surface area contributed by atoms with Gasteiger partial charge in [0.05, 0.1) is 0 Å². The van der Waals surface area contributed by atoms with Gasteiger partial charge in [-0.15, -0.1) is 0 Å². The summed E-state index contributed by atoms with van der Waals surface area (Å²) in [7, 11) is 0. The number of hydrogen-bond donors (Lipinski definition) is 1. The maximum atomic E-state index is 12.3. The summed E-state index contributed by atoms with van der Waals surface area (Å²) in [5.41, 5.74) is 5.59. The van der Waals surface area contributed by atoms with E-state index in [0.717, 1.165) is 12.1 Å². The second-order valence-electron chi connectivity index (χ2n) is 2.53. The van der Waals surface area contributed by atoms with Crippen LogP contribution in [0.1, 0.15) is 13.8 Å². The third kappa shape index (κ3) is 4.37. The third-order valence-corrected chi connectivity index (χ3v) is 1.39. The Bertz CT molecular complexity index is 300. The maximum Gasteiger partial charge on any atom is 0.461 e. The molecule has 0 aromatic heterocycles. The highest BCUT2D eigenvalue weighted by molar-refractivity contribution is 5.41. The van der Waals surface area contributed by atoms with E-state index < -0.39 is 12.5 Å². The fourth-order valence-electron chi connectivity index (χ4n) is 0.738. The Morgan fingerprint density at radius 1 is 1.12 bits per heavy atom. The molecule has 1 aromatic carbocycles. The Hall–Kier alpha value is -1.46. The number of halogens is 4. The van der Waals surface area contributed by atoms with Crippen LogP contribution in [0.2, 0.25) is 0 Å². The van der Waals surface area contributed by atoms with E-state index in [4.69, 9.17) is 5.73 Å². The molecular weight excluding hydrogens is 226 g/mol. The van der Waals surface area contributed by atoms with E-state index in [1.54, 1.807) is 0 Å². The molecule has 1 aromatic rings. The zero-order valence-corrected chi connectivity index (χ0v) is 8.88. The van der Waals surface area contributed by atoms with Crippen LogP contribution in [0, 0.1) is 0 Å². The van der Waals surface area contributed by atoms with Gasteiger partial charge in [0.25, 0.3) is 0 Å². The minimum atomic E-state index is -4.48. The van der Waals surface area contributed by atoms with Crippen molar-refractivity contribution in [2.45, 2.75) is 26.4 Å². The van der Waals surface area contributed by atoms with Gasteiger partial charge in [-0.05, 0) is 24.3 Å². The first-order valence-corrected chi connectivity index (χ1v) is 4.62. The number of alkyl halides is 4. The summed E-state index contributed by atoms with van der Waals surface area (Å²) in [6.45, 7) is 4.00. The predicted octanol–water partition coefficient (Wildman–Crippen LogP) is 3.53. The van der Waals surface area contributed by atoms with E-state index >= 15 is 0 Å². The number of ether oxygens (including phenoxy) is 1. The number of hydrogen-bond acceptors (Lipinski definition) is 2. The molecule has 6 heteroatoms. The molecule has 0 aliphatic heterocycles. The van der Waals surface area contributed by atoms with E-state index in [2.05, 4.69) is 4.74 Å². The lowest BCUT2D eigenvalue weighted by atomic mass is 10.3. The minimum absolute atomic E-state index is 0.331. The van der Waals surface area contributed by atoms with Crippen molar-refractivity contribution < 1.29 is 22.3 Å². The summed E-state index contributed by atoms with van der Waals surface area (Å²) >= 11 is 0. The van der Waals surface area contributed by atoms with Crippen molar-refractivity contribution in [3.63, 3.8) is 0 Å². The minimum Gasteiger partial charge on any atom is -0.428 e. The standard InChI is InChI=1S/C8H7F4NO.C2H6/c9-7(10)8(11,12)14-6-3-1-5(13)2-4-6;1-2/h1-4,7H,13H2;1-2H3. The van der Waals surface area contributed by atoms with E-state index in [1.807, 2.05) is 13.8 Å². The monoisotopic (exact) mass is 239 g/mol. The Labute approximate surface area is 91.0 Å². The molecule has 0 atom stereocenters. The first-order valence-electron chi connectivity index (χ1n) is 4.62. The van der Waals surface area contributed by atoms with E-state index in [0.29, 0.717) is 5.69 Å². The fraction of sp³-hybridized carbons (Fsp3) is 0.400. The molecular formula is C10H13F4NO. The van der Waals surface area contributed by atoms with Crippen molar-refractivity contribution in [2.24, 2.45) is 0 Å². The maximum absolute atomic E-state index is 12.3. The molecule has 2 nitrogen and oxygen atoms in total. The summed E-state index contributed by atoms with van der Waals surface area (Å²) in [6.07, 6.45) is -8.34. The number of benzene rings is 1. The van der Waals surface area contributed by atoms with Crippen molar-refractivity contribution in [3.8, 4) is 5.75 Å². The highest BCUT2D eigenvalue weighted by Gasteiger charge is 2.43. The van der Waals surface area contributed by atoms with Crippen LogP contribution in [0.5, 0.6) is 5.75 Å². The first-order chi connectivity index (χ1) is 7.42. The average molecular weight is 239 g/mol. The van der Waals surface area contributed by atoms with Crippen molar-refractivity contribution >= 4 is 5.69 Å². The smallest absolute Gasteiger partial charge is 0.428 e. The van der Waals surface area contributed by atoms with Gasteiger partial charge < -0.3 is 10.5 Å². The van der Waals surface area contributed by atoms with Crippen molar-refractivity contribution in [2.75, 3.05) is 5.73 Å². The molecule has 0 radical (unpaired) electrons. The normalized spacial score (nSPS) is 10.7. The molecule has 0 bridgehead atoms. The molecule has 0 unspecified atom stereocenters. The van der Waals surface area contributed by atoms with Crippen LogP contribution in [0.4, 0.5) is 23.2 Å². The van der Waals surface area contributed by atoms with Gasteiger partial charge in [-0.2, -0.15) is 17.6 Å². The van der Waals surface area contributed by atoms with Crippen molar-refractivity contribution in [1.29, 1.82) is 0 Å². The highest BCUT2D eigenvalue weighted by Crippen LogP contribution is 2.27. The molecule has 16 heavy (non-hydrogen) atoms. The molecule has 92 valence electrons.